The van der Waals surface area contributed by atoms with Crippen LogP contribution in [0, 0.1) is 24.7 Å². The minimum atomic E-state index is -0.902. The molecule has 1 radical (unpaired) electrons. The van der Waals surface area contributed by atoms with E-state index >= 15 is 0 Å². The minimum Gasteiger partial charge on any atom is -0.480 e. The molecule has 1 unspecified atom stereocenters. The van der Waals surface area contributed by atoms with Crippen LogP contribution in [0.1, 0.15) is 6.92 Å². The largest absolute Gasteiger partial charge is 0.480 e. The zero-order valence-electron chi connectivity index (χ0n) is 4.64. The van der Waals surface area contributed by atoms with Crippen LogP contribution in [0.15, 0.2) is 0 Å². The second-order valence-corrected chi connectivity index (χ2v) is 1.38. The van der Waals surface area contributed by atoms with Gasteiger partial charge in [0.2, 0.25) is 0 Å². The van der Waals surface area contributed by atoms with E-state index in [0.29, 0.717) is 0 Å². The van der Waals surface area contributed by atoms with Gasteiger partial charge in [-0.1, -0.05) is 5.92 Å². The van der Waals surface area contributed by atoms with Crippen LogP contribution in [0.5, 0.6) is 0 Å². The molecule has 0 aromatic heterocycles. The molecule has 0 spiro atoms. The number of carboxylic acids is 1. The number of carbonyl (C=O) groups is 1. The fraction of sp³-hybridized carbons (Fsp3) is 0.333. The van der Waals surface area contributed by atoms with Crippen molar-refractivity contribution in [1.82, 2.24) is 0 Å². The first-order valence-corrected chi connectivity index (χ1v) is 2.19. The van der Waals surface area contributed by atoms with Crippen LogP contribution >= 0.6 is 0 Å². The van der Waals surface area contributed by atoms with Gasteiger partial charge in [0.1, 0.15) is 5.92 Å². The van der Waals surface area contributed by atoms with Gasteiger partial charge in [-0.2, -0.15) is 0 Å². The average Bonchev–Trinajstić information content (AvgIpc) is 1.67. The maximum atomic E-state index is 9.96. The summed E-state index contributed by atoms with van der Waals surface area (Å²) >= 11 is 0. The van der Waals surface area contributed by atoms with Gasteiger partial charge in [-0.3, -0.25) is 4.79 Å². The second-order valence-electron chi connectivity index (χ2n) is 1.38. The van der Waals surface area contributed by atoms with E-state index in [9.17, 15) is 4.79 Å². The minimum absolute atomic E-state index is 0.590. The predicted octanol–water partition coefficient (Wildman–Crippen LogP) is 0.545. The number of carboxylic acid groups (broad SMARTS) is 1. The lowest BCUT2D eigenvalue weighted by Gasteiger charge is -1.90. The molecule has 0 bridgehead atoms. The number of aliphatic carboxylic acids is 1. The molecule has 0 aromatic rings. The third-order valence-corrected chi connectivity index (χ3v) is 0.689. The smallest absolute Gasteiger partial charge is 0.318 e. The van der Waals surface area contributed by atoms with Gasteiger partial charge in [0.05, 0.1) is 0 Å². The highest BCUT2D eigenvalue weighted by atomic mass is 16.4. The second kappa shape index (κ2) is 3.09. The lowest BCUT2D eigenvalue weighted by Crippen LogP contribution is -2.05. The molecular weight excluding hydrogens is 104 g/mol. The number of rotatable bonds is 1. The zero-order valence-corrected chi connectivity index (χ0v) is 4.64. The predicted molar refractivity (Wildman–Crippen MR) is 29.9 cm³/mol. The van der Waals surface area contributed by atoms with Crippen molar-refractivity contribution in [3.05, 3.63) is 6.92 Å². The molecule has 0 saturated heterocycles. The van der Waals surface area contributed by atoms with Crippen LogP contribution in [0.3, 0.4) is 0 Å². The molecule has 0 rings (SSSR count). The molecule has 0 aliphatic rings. The van der Waals surface area contributed by atoms with Crippen molar-refractivity contribution in [1.29, 1.82) is 0 Å². The van der Waals surface area contributed by atoms with Gasteiger partial charge < -0.3 is 5.11 Å². The van der Waals surface area contributed by atoms with Crippen molar-refractivity contribution >= 4 is 5.97 Å². The summed E-state index contributed by atoms with van der Waals surface area (Å²) in [7, 11) is 0. The Labute approximate surface area is 48.5 Å². The highest BCUT2D eigenvalue weighted by molar-refractivity contribution is 5.72. The Morgan fingerprint density at radius 1 is 1.88 bits per heavy atom. The Hall–Kier alpha value is -0.970. The fourth-order valence-corrected chi connectivity index (χ4v) is 0.215. The number of hydrogen-bond donors (Lipinski definition) is 1. The first kappa shape index (κ1) is 7.03. The maximum absolute atomic E-state index is 9.96. The molecule has 8 heavy (non-hydrogen) atoms. The standard InChI is InChI=1S/C6H7O2/c1-3-4-5(2)6(7)8/h5H,1H2,2H3,(H,7,8). The van der Waals surface area contributed by atoms with Gasteiger partial charge in [0.25, 0.3) is 0 Å². The van der Waals surface area contributed by atoms with Crippen LogP contribution in [0.4, 0.5) is 0 Å². The van der Waals surface area contributed by atoms with Gasteiger partial charge in [-0.15, -0.1) is 5.92 Å². The van der Waals surface area contributed by atoms with Crippen molar-refractivity contribution in [2.24, 2.45) is 5.92 Å². The summed E-state index contributed by atoms with van der Waals surface area (Å²) in [6.45, 7) is 4.70. The molecule has 0 heterocycles. The van der Waals surface area contributed by atoms with Gasteiger partial charge in [0, 0.05) is 6.92 Å². The third kappa shape index (κ3) is 2.25. The summed E-state index contributed by atoms with van der Waals surface area (Å²) in [5, 5.41) is 8.18. The van der Waals surface area contributed by atoms with Crippen molar-refractivity contribution < 1.29 is 9.90 Å². The lowest BCUT2D eigenvalue weighted by molar-refractivity contribution is -0.139. The summed E-state index contributed by atoms with van der Waals surface area (Å²) in [4.78, 5) is 9.96. The van der Waals surface area contributed by atoms with E-state index in [2.05, 4.69) is 18.8 Å². The molecular formula is C6H7O2. The van der Waals surface area contributed by atoms with E-state index in [0.717, 1.165) is 0 Å². The van der Waals surface area contributed by atoms with Crippen LogP contribution in [-0.4, -0.2) is 11.1 Å². The highest BCUT2D eigenvalue weighted by Crippen LogP contribution is 1.88. The molecule has 1 atom stereocenters. The molecule has 2 heteroatoms. The van der Waals surface area contributed by atoms with Crippen molar-refractivity contribution in [2.75, 3.05) is 0 Å². The fourth-order valence-electron chi connectivity index (χ4n) is 0.215. The Balaban J connectivity index is 3.77. The lowest BCUT2D eigenvalue weighted by atomic mass is 10.2. The summed E-state index contributed by atoms with van der Waals surface area (Å²) in [6.07, 6.45) is 0. The molecule has 0 aliphatic heterocycles. The van der Waals surface area contributed by atoms with E-state index in [1.165, 1.54) is 6.92 Å². The van der Waals surface area contributed by atoms with E-state index in [4.69, 9.17) is 5.11 Å². The third-order valence-electron chi connectivity index (χ3n) is 0.689. The molecule has 0 amide bonds. The van der Waals surface area contributed by atoms with Gasteiger partial charge >= 0.3 is 5.97 Å². The van der Waals surface area contributed by atoms with Gasteiger partial charge in [-0.25, -0.2) is 0 Å². The SMILES string of the molecule is [CH2]C#CC(C)C(=O)O. The van der Waals surface area contributed by atoms with E-state index in [1.54, 1.807) is 0 Å². The Morgan fingerprint density at radius 3 is 2.50 bits per heavy atom. The van der Waals surface area contributed by atoms with Crippen LogP contribution < -0.4 is 0 Å². The van der Waals surface area contributed by atoms with Crippen LogP contribution in [0.2, 0.25) is 0 Å². The Kier molecular flexibility index (Phi) is 2.71. The van der Waals surface area contributed by atoms with E-state index in [-0.39, 0.29) is 0 Å². The first-order chi connectivity index (χ1) is 3.68. The van der Waals surface area contributed by atoms with Crippen molar-refractivity contribution in [2.45, 2.75) is 6.92 Å². The van der Waals surface area contributed by atoms with E-state index in [1.807, 2.05) is 0 Å². The van der Waals surface area contributed by atoms with Gasteiger partial charge in [-0.05, 0) is 6.92 Å². The summed E-state index contributed by atoms with van der Waals surface area (Å²) in [5.74, 6) is 3.16. The monoisotopic (exact) mass is 111 g/mol. The Bertz CT molecular complexity index is 138. The molecule has 43 valence electrons. The summed E-state index contributed by atoms with van der Waals surface area (Å²) in [6, 6.07) is 0. The molecule has 0 aliphatic carbocycles. The first-order valence-electron chi connectivity index (χ1n) is 2.19. The molecule has 1 N–H and O–H groups in total. The Morgan fingerprint density at radius 2 is 2.38 bits per heavy atom. The van der Waals surface area contributed by atoms with Crippen LogP contribution in [-0.2, 0) is 4.79 Å². The van der Waals surface area contributed by atoms with E-state index < -0.39 is 11.9 Å². The number of hydrogen-bond acceptors (Lipinski definition) is 1. The molecule has 0 fully saturated rings. The quantitative estimate of drug-likeness (QED) is 0.501. The summed E-state index contributed by atoms with van der Waals surface area (Å²) in [5.41, 5.74) is 0. The normalized spacial score (nSPS) is 11.2. The molecule has 2 nitrogen and oxygen atoms in total. The highest BCUT2D eigenvalue weighted by Gasteiger charge is 2.03. The van der Waals surface area contributed by atoms with Crippen molar-refractivity contribution in [3.8, 4) is 11.8 Å². The average molecular weight is 111 g/mol. The summed E-state index contributed by atoms with van der Waals surface area (Å²) < 4.78 is 0. The molecule has 0 aromatic carbocycles. The van der Waals surface area contributed by atoms with Crippen molar-refractivity contribution in [3.63, 3.8) is 0 Å². The topological polar surface area (TPSA) is 37.3 Å². The van der Waals surface area contributed by atoms with Gasteiger partial charge in [0.15, 0.2) is 0 Å². The zero-order chi connectivity index (χ0) is 6.57. The molecule has 0 saturated carbocycles. The van der Waals surface area contributed by atoms with Crippen LogP contribution in [0.25, 0.3) is 0 Å². The maximum Gasteiger partial charge on any atom is 0.318 e.